The van der Waals surface area contributed by atoms with E-state index in [0.29, 0.717) is 6.42 Å². The molecule has 0 saturated carbocycles. The maximum atomic E-state index is 10.8. The molecule has 1 rings (SSSR count). The first-order valence-electron chi connectivity index (χ1n) is 5.55. The van der Waals surface area contributed by atoms with Crippen LogP contribution in [-0.2, 0) is 11.2 Å². The van der Waals surface area contributed by atoms with Gasteiger partial charge in [-0.1, -0.05) is 25.1 Å². The van der Waals surface area contributed by atoms with E-state index in [-0.39, 0.29) is 5.78 Å². The Morgan fingerprint density at radius 2 is 2.07 bits per heavy atom. The summed E-state index contributed by atoms with van der Waals surface area (Å²) in [7, 11) is 0. The average molecular weight is 205 g/mol. The lowest BCUT2D eigenvalue weighted by Crippen LogP contribution is -2.05. The van der Waals surface area contributed by atoms with Crippen molar-refractivity contribution in [2.24, 2.45) is 0 Å². The van der Waals surface area contributed by atoms with E-state index in [9.17, 15) is 4.79 Å². The van der Waals surface area contributed by atoms with Crippen molar-refractivity contribution in [3.05, 3.63) is 29.8 Å². The summed E-state index contributed by atoms with van der Waals surface area (Å²) in [6, 6.07) is 8.31. The van der Waals surface area contributed by atoms with Crippen molar-refractivity contribution < 1.29 is 4.79 Å². The van der Waals surface area contributed by atoms with Crippen LogP contribution in [0.2, 0.25) is 0 Å². The first-order valence-corrected chi connectivity index (χ1v) is 5.55. The largest absolute Gasteiger partial charge is 0.385 e. The van der Waals surface area contributed by atoms with Crippen LogP contribution in [0, 0.1) is 0 Å². The second-order valence-corrected chi connectivity index (χ2v) is 3.74. The van der Waals surface area contributed by atoms with Crippen molar-refractivity contribution in [1.29, 1.82) is 0 Å². The van der Waals surface area contributed by atoms with Crippen LogP contribution >= 0.6 is 0 Å². The van der Waals surface area contributed by atoms with Crippen LogP contribution in [0.5, 0.6) is 0 Å². The molecule has 1 N–H and O–H groups in total. The second kappa shape index (κ2) is 6.23. The molecule has 0 saturated heterocycles. The topological polar surface area (TPSA) is 29.1 Å². The number of para-hydroxylation sites is 1. The zero-order valence-corrected chi connectivity index (χ0v) is 9.55. The predicted octanol–water partition coefficient (Wildman–Crippen LogP) is 3.03. The molecule has 2 nitrogen and oxygen atoms in total. The van der Waals surface area contributed by atoms with Gasteiger partial charge in [0.05, 0.1) is 0 Å². The van der Waals surface area contributed by atoms with Gasteiger partial charge in [0.2, 0.25) is 0 Å². The first kappa shape index (κ1) is 11.8. The highest BCUT2D eigenvalue weighted by atomic mass is 16.1. The number of carbonyl (C=O) groups excluding carboxylic acids is 1. The molecule has 0 spiro atoms. The molecule has 0 aliphatic rings. The van der Waals surface area contributed by atoms with Crippen LogP contribution in [0.4, 0.5) is 5.69 Å². The average Bonchev–Trinajstić information content (AvgIpc) is 2.24. The molecular formula is C13H19NO. The zero-order chi connectivity index (χ0) is 11.1. The van der Waals surface area contributed by atoms with Gasteiger partial charge in [-0.05, 0) is 31.4 Å². The van der Waals surface area contributed by atoms with Crippen LogP contribution in [0.25, 0.3) is 0 Å². The SMILES string of the molecule is CCc1ccccc1NCCCC(C)=O. The Morgan fingerprint density at radius 3 is 2.73 bits per heavy atom. The quantitative estimate of drug-likeness (QED) is 0.723. The first-order chi connectivity index (χ1) is 7.24. The van der Waals surface area contributed by atoms with Gasteiger partial charge >= 0.3 is 0 Å². The number of rotatable bonds is 6. The van der Waals surface area contributed by atoms with E-state index in [0.717, 1.165) is 19.4 Å². The van der Waals surface area contributed by atoms with Crippen molar-refractivity contribution in [2.45, 2.75) is 33.1 Å². The highest BCUT2D eigenvalue weighted by Gasteiger charge is 1.98. The number of hydrogen-bond donors (Lipinski definition) is 1. The van der Waals surface area contributed by atoms with E-state index in [1.807, 2.05) is 6.07 Å². The zero-order valence-electron chi connectivity index (χ0n) is 9.55. The Bertz CT molecular complexity index is 320. The third-order valence-corrected chi connectivity index (χ3v) is 2.42. The Kier molecular flexibility index (Phi) is 4.88. The summed E-state index contributed by atoms with van der Waals surface area (Å²) in [5, 5.41) is 3.37. The standard InChI is InChI=1S/C13H19NO/c1-3-12-8-4-5-9-13(12)14-10-6-7-11(2)15/h4-5,8-9,14H,3,6-7,10H2,1-2H3. The van der Waals surface area contributed by atoms with Gasteiger partial charge in [-0.3, -0.25) is 0 Å². The van der Waals surface area contributed by atoms with Crippen molar-refractivity contribution in [3.8, 4) is 0 Å². The summed E-state index contributed by atoms with van der Waals surface area (Å²) in [5.41, 5.74) is 2.53. The molecule has 0 aliphatic carbocycles. The molecule has 15 heavy (non-hydrogen) atoms. The molecule has 1 aromatic carbocycles. The lowest BCUT2D eigenvalue weighted by Gasteiger charge is -2.09. The summed E-state index contributed by atoms with van der Waals surface area (Å²) in [4.78, 5) is 10.8. The number of aryl methyl sites for hydroxylation is 1. The minimum atomic E-state index is 0.264. The molecule has 1 aromatic rings. The van der Waals surface area contributed by atoms with Gasteiger partial charge in [0, 0.05) is 18.7 Å². The molecule has 0 bridgehead atoms. The van der Waals surface area contributed by atoms with Crippen LogP contribution in [0.1, 0.15) is 32.3 Å². The van der Waals surface area contributed by atoms with E-state index < -0.39 is 0 Å². The maximum Gasteiger partial charge on any atom is 0.129 e. The van der Waals surface area contributed by atoms with Gasteiger partial charge in [-0.15, -0.1) is 0 Å². The molecular weight excluding hydrogens is 186 g/mol. The predicted molar refractivity (Wildman–Crippen MR) is 64.2 cm³/mol. The van der Waals surface area contributed by atoms with Gasteiger partial charge in [0.1, 0.15) is 5.78 Å². The van der Waals surface area contributed by atoms with E-state index in [1.54, 1.807) is 6.92 Å². The number of nitrogens with one attached hydrogen (secondary N) is 1. The van der Waals surface area contributed by atoms with E-state index in [1.165, 1.54) is 11.3 Å². The molecule has 0 aromatic heterocycles. The van der Waals surface area contributed by atoms with Crippen molar-refractivity contribution in [3.63, 3.8) is 0 Å². The van der Waals surface area contributed by atoms with Crippen LogP contribution in [-0.4, -0.2) is 12.3 Å². The minimum Gasteiger partial charge on any atom is -0.385 e. The summed E-state index contributed by atoms with van der Waals surface area (Å²) < 4.78 is 0. The van der Waals surface area contributed by atoms with Crippen molar-refractivity contribution in [2.75, 3.05) is 11.9 Å². The van der Waals surface area contributed by atoms with Crippen LogP contribution < -0.4 is 5.32 Å². The Hall–Kier alpha value is -1.31. The summed E-state index contributed by atoms with van der Waals surface area (Å²) in [6.07, 6.45) is 2.62. The number of anilines is 1. The molecule has 0 radical (unpaired) electrons. The van der Waals surface area contributed by atoms with E-state index >= 15 is 0 Å². The number of Topliss-reactive ketones (excluding diaryl/α,β-unsaturated/α-hetero) is 1. The molecule has 82 valence electrons. The fourth-order valence-corrected chi connectivity index (χ4v) is 1.56. The molecule has 0 atom stereocenters. The van der Waals surface area contributed by atoms with Crippen molar-refractivity contribution >= 4 is 11.5 Å². The van der Waals surface area contributed by atoms with Gasteiger partial charge in [0.15, 0.2) is 0 Å². The normalized spacial score (nSPS) is 10.0. The molecule has 0 heterocycles. The van der Waals surface area contributed by atoms with Gasteiger partial charge in [-0.25, -0.2) is 0 Å². The lowest BCUT2D eigenvalue weighted by atomic mass is 10.1. The number of carbonyl (C=O) groups is 1. The third kappa shape index (κ3) is 4.15. The van der Waals surface area contributed by atoms with E-state index in [2.05, 4.69) is 30.4 Å². The molecule has 2 heteroatoms. The summed E-state index contributed by atoms with van der Waals surface area (Å²) in [6.45, 7) is 4.66. The fraction of sp³-hybridized carbons (Fsp3) is 0.462. The molecule has 0 amide bonds. The molecule has 0 aliphatic heterocycles. The monoisotopic (exact) mass is 205 g/mol. The minimum absolute atomic E-state index is 0.264. The number of hydrogen-bond acceptors (Lipinski definition) is 2. The Labute approximate surface area is 91.7 Å². The smallest absolute Gasteiger partial charge is 0.129 e. The van der Waals surface area contributed by atoms with Gasteiger partial charge in [-0.2, -0.15) is 0 Å². The lowest BCUT2D eigenvalue weighted by molar-refractivity contribution is -0.117. The maximum absolute atomic E-state index is 10.8. The highest BCUT2D eigenvalue weighted by molar-refractivity contribution is 5.75. The number of benzene rings is 1. The highest BCUT2D eigenvalue weighted by Crippen LogP contribution is 2.15. The third-order valence-electron chi connectivity index (χ3n) is 2.42. The Morgan fingerprint density at radius 1 is 1.33 bits per heavy atom. The van der Waals surface area contributed by atoms with Gasteiger partial charge in [0.25, 0.3) is 0 Å². The van der Waals surface area contributed by atoms with Crippen LogP contribution in [0.15, 0.2) is 24.3 Å². The Balaban J connectivity index is 2.39. The van der Waals surface area contributed by atoms with Crippen LogP contribution in [0.3, 0.4) is 0 Å². The number of ketones is 1. The van der Waals surface area contributed by atoms with E-state index in [4.69, 9.17) is 0 Å². The van der Waals surface area contributed by atoms with Gasteiger partial charge < -0.3 is 10.1 Å². The van der Waals surface area contributed by atoms with Crippen molar-refractivity contribution in [1.82, 2.24) is 0 Å². The summed E-state index contributed by atoms with van der Waals surface area (Å²) in [5.74, 6) is 0.264. The summed E-state index contributed by atoms with van der Waals surface area (Å²) >= 11 is 0. The molecule has 0 fully saturated rings. The second-order valence-electron chi connectivity index (χ2n) is 3.74. The fourth-order valence-electron chi connectivity index (χ4n) is 1.56. The molecule has 0 unspecified atom stereocenters.